The van der Waals surface area contributed by atoms with Crippen molar-refractivity contribution in [1.29, 1.82) is 0 Å². The van der Waals surface area contributed by atoms with E-state index in [1.807, 2.05) is 48.5 Å². The Morgan fingerprint density at radius 3 is 2.29 bits per heavy atom. The van der Waals surface area contributed by atoms with E-state index in [2.05, 4.69) is 22.8 Å². The Bertz CT molecular complexity index is 1300. The number of nitrogens with zero attached hydrogens (tertiary/aromatic N) is 1. The van der Waals surface area contributed by atoms with E-state index in [4.69, 9.17) is 4.98 Å². The van der Waals surface area contributed by atoms with Crippen molar-refractivity contribution in [3.8, 4) is 11.3 Å². The van der Waals surface area contributed by atoms with Crippen molar-refractivity contribution >= 4 is 28.3 Å². The normalized spacial score (nSPS) is 11.1. The molecule has 0 atom stereocenters. The van der Waals surface area contributed by atoms with Crippen LogP contribution >= 0.6 is 11.3 Å². The molecule has 0 aliphatic heterocycles. The van der Waals surface area contributed by atoms with Gasteiger partial charge in [0.25, 0.3) is 11.8 Å². The molecule has 7 heteroatoms. The Morgan fingerprint density at radius 1 is 0.941 bits per heavy atom. The Morgan fingerprint density at radius 2 is 1.62 bits per heavy atom. The van der Waals surface area contributed by atoms with E-state index < -0.39 is 23.2 Å². The summed E-state index contributed by atoms with van der Waals surface area (Å²) in [5.41, 5.74) is 1.81. The molecule has 4 rings (SSSR count). The molecule has 4 aromatic rings. The molecule has 2 amide bonds. The average Bonchev–Trinajstić information content (AvgIpc) is 3.22. The highest BCUT2D eigenvalue weighted by Gasteiger charge is 2.31. The third kappa shape index (κ3) is 5.55. The molecule has 5 nitrogen and oxygen atoms in total. The van der Waals surface area contributed by atoms with Crippen molar-refractivity contribution in [2.75, 3.05) is 5.32 Å². The van der Waals surface area contributed by atoms with Crippen LogP contribution in [0.3, 0.4) is 0 Å². The molecule has 34 heavy (non-hydrogen) atoms. The average molecular weight is 474 g/mol. The number of carbonyl (C=O) groups is 2. The summed E-state index contributed by atoms with van der Waals surface area (Å²) in [6.07, 6.45) is 0.679. The van der Waals surface area contributed by atoms with Crippen molar-refractivity contribution in [3.63, 3.8) is 0 Å². The summed E-state index contributed by atoms with van der Waals surface area (Å²) in [4.78, 5) is 31.3. The molecule has 3 aromatic carbocycles. The molecule has 2 N–H and O–H groups in total. The van der Waals surface area contributed by atoms with E-state index in [0.717, 1.165) is 27.8 Å². The minimum atomic E-state index is -1.25. The zero-order valence-corrected chi connectivity index (χ0v) is 19.7. The van der Waals surface area contributed by atoms with Gasteiger partial charge in [-0.05, 0) is 37.6 Å². The maximum atomic E-state index is 13.5. The highest BCUT2D eigenvalue weighted by Crippen LogP contribution is 2.33. The lowest BCUT2D eigenvalue weighted by atomic mass is 10.0. The van der Waals surface area contributed by atoms with Gasteiger partial charge >= 0.3 is 0 Å². The summed E-state index contributed by atoms with van der Waals surface area (Å²) in [6.45, 7) is 3.19. The number of anilines is 1. The lowest BCUT2D eigenvalue weighted by Crippen LogP contribution is -2.52. The van der Waals surface area contributed by atoms with Crippen LogP contribution in [-0.4, -0.2) is 22.3 Å². The highest BCUT2D eigenvalue weighted by molar-refractivity contribution is 7.16. The minimum Gasteiger partial charge on any atom is -0.338 e. The zero-order valence-electron chi connectivity index (χ0n) is 18.8. The van der Waals surface area contributed by atoms with Crippen LogP contribution < -0.4 is 10.6 Å². The third-order valence-electron chi connectivity index (χ3n) is 5.25. The monoisotopic (exact) mass is 473 g/mol. The van der Waals surface area contributed by atoms with Gasteiger partial charge in [0.1, 0.15) is 11.4 Å². The van der Waals surface area contributed by atoms with Gasteiger partial charge in [-0.15, -0.1) is 11.3 Å². The summed E-state index contributed by atoms with van der Waals surface area (Å²) in [6, 6.07) is 25.2. The van der Waals surface area contributed by atoms with Crippen molar-refractivity contribution in [2.45, 2.75) is 25.8 Å². The molecule has 0 bridgehead atoms. The van der Waals surface area contributed by atoms with Crippen LogP contribution in [0.4, 0.5) is 9.52 Å². The van der Waals surface area contributed by atoms with Crippen LogP contribution in [0.15, 0.2) is 84.9 Å². The summed E-state index contributed by atoms with van der Waals surface area (Å²) in [5, 5.41) is 5.97. The molecule has 0 saturated heterocycles. The Balaban J connectivity index is 1.55. The summed E-state index contributed by atoms with van der Waals surface area (Å²) in [5.74, 6) is -1.47. The first-order valence-corrected chi connectivity index (χ1v) is 11.6. The van der Waals surface area contributed by atoms with Crippen molar-refractivity contribution in [3.05, 3.63) is 107 Å². The van der Waals surface area contributed by atoms with Crippen LogP contribution in [0.2, 0.25) is 0 Å². The van der Waals surface area contributed by atoms with E-state index in [0.29, 0.717) is 11.6 Å². The third-order valence-corrected chi connectivity index (χ3v) is 6.22. The van der Waals surface area contributed by atoms with E-state index >= 15 is 0 Å². The zero-order chi connectivity index (χ0) is 24.1. The van der Waals surface area contributed by atoms with E-state index in [1.54, 1.807) is 13.8 Å². The van der Waals surface area contributed by atoms with Crippen LogP contribution in [0.1, 0.15) is 34.6 Å². The van der Waals surface area contributed by atoms with Crippen LogP contribution in [0.25, 0.3) is 11.3 Å². The first-order valence-electron chi connectivity index (χ1n) is 10.8. The quantitative estimate of drug-likeness (QED) is 0.362. The number of nitrogens with one attached hydrogen (secondary N) is 2. The highest BCUT2D eigenvalue weighted by atomic mass is 32.1. The Hall–Kier alpha value is -3.84. The van der Waals surface area contributed by atoms with Crippen LogP contribution in [0, 0.1) is 5.82 Å². The number of halogens is 1. The minimum absolute atomic E-state index is 0.145. The molecule has 0 fully saturated rings. The SMILES string of the molecule is CC(C)(NC(=O)c1cccc(F)c1)C(=O)Nc1nc(-c2ccccc2)c(Cc2ccccc2)s1. The molecular weight excluding hydrogens is 449 g/mol. The van der Waals surface area contributed by atoms with Gasteiger partial charge in [-0.2, -0.15) is 0 Å². The number of carbonyl (C=O) groups excluding carboxylic acids is 2. The van der Waals surface area contributed by atoms with Gasteiger partial charge in [-0.3, -0.25) is 14.9 Å². The van der Waals surface area contributed by atoms with Gasteiger partial charge in [-0.25, -0.2) is 9.37 Å². The second-order valence-corrected chi connectivity index (χ2v) is 9.45. The van der Waals surface area contributed by atoms with Gasteiger partial charge in [0.2, 0.25) is 0 Å². The first-order chi connectivity index (χ1) is 16.3. The van der Waals surface area contributed by atoms with Crippen molar-refractivity contribution in [2.24, 2.45) is 0 Å². The number of hydrogen-bond donors (Lipinski definition) is 2. The molecule has 0 unspecified atom stereocenters. The second-order valence-electron chi connectivity index (χ2n) is 8.36. The van der Waals surface area contributed by atoms with Gasteiger partial charge in [0.05, 0.1) is 5.69 Å². The molecule has 0 spiro atoms. The van der Waals surface area contributed by atoms with Crippen molar-refractivity contribution < 1.29 is 14.0 Å². The van der Waals surface area contributed by atoms with E-state index in [1.165, 1.54) is 29.5 Å². The molecule has 1 heterocycles. The number of benzene rings is 3. The lowest BCUT2D eigenvalue weighted by Gasteiger charge is -2.24. The fourth-order valence-corrected chi connectivity index (χ4v) is 4.44. The maximum absolute atomic E-state index is 13.5. The van der Waals surface area contributed by atoms with E-state index in [9.17, 15) is 14.0 Å². The smallest absolute Gasteiger partial charge is 0.252 e. The molecule has 0 radical (unpaired) electrons. The maximum Gasteiger partial charge on any atom is 0.252 e. The Labute approximate surface area is 201 Å². The molecule has 0 saturated carbocycles. The van der Waals surface area contributed by atoms with Gasteiger partial charge < -0.3 is 5.32 Å². The number of hydrogen-bond acceptors (Lipinski definition) is 4. The lowest BCUT2D eigenvalue weighted by molar-refractivity contribution is -0.120. The molecule has 0 aliphatic rings. The predicted octanol–water partition coefficient (Wildman–Crippen LogP) is 5.69. The Kier molecular flexibility index (Phi) is 6.84. The molecule has 1 aromatic heterocycles. The number of amides is 2. The van der Waals surface area contributed by atoms with E-state index in [-0.39, 0.29) is 5.56 Å². The fourth-order valence-electron chi connectivity index (χ4n) is 3.42. The number of aromatic nitrogens is 1. The summed E-state index contributed by atoms with van der Waals surface area (Å²) < 4.78 is 13.5. The molecular formula is C27H24FN3O2S. The predicted molar refractivity (Wildman–Crippen MR) is 133 cm³/mol. The second kappa shape index (κ2) is 9.97. The fraction of sp³-hybridized carbons (Fsp3) is 0.148. The first kappa shape index (κ1) is 23.3. The summed E-state index contributed by atoms with van der Waals surface area (Å²) in [7, 11) is 0. The topological polar surface area (TPSA) is 71.1 Å². The van der Waals surface area contributed by atoms with Crippen molar-refractivity contribution in [1.82, 2.24) is 10.3 Å². The number of rotatable bonds is 7. The van der Waals surface area contributed by atoms with Gasteiger partial charge in [0, 0.05) is 22.4 Å². The van der Waals surface area contributed by atoms with Crippen LogP contribution in [0.5, 0.6) is 0 Å². The molecule has 172 valence electrons. The van der Waals surface area contributed by atoms with Gasteiger partial charge in [-0.1, -0.05) is 66.7 Å². The van der Waals surface area contributed by atoms with Crippen LogP contribution in [-0.2, 0) is 11.2 Å². The summed E-state index contributed by atoms with van der Waals surface area (Å²) >= 11 is 1.41. The standard InChI is InChI=1S/C27H24FN3O2S/c1-27(2,31-24(32)20-14-9-15-21(28)17-20)25(33)30-26-29-23(19-12-7-4-8-13-19)22(34-26)16-18-10-5-3-6-11-18/h3-15,17H,16H2,1-2H3,(H,31,32)(H,29,30,33). The number of thiazole rings is 1. The molecule has 0 aliphatic carbocycles. The largest absolute Gasteiger partial charge is 0.338 e. The van der Waals surface area contributed by atoms with Gasteiger partial charge in [0.15, 0.2) is 5.13 Å².